The predicted molar refractivity (Wildman–Crippen MR) is 62.8 cm³/mol. The summed E-state index contributed by atoms with van der Waals surface area (Å²) in [5.74, 6) is 0.408. The Morgan fingerprint density at radius 1 is 1.40 bits per heavy atom. The zero-order chi connectivity index (χ0) is 11.7. The third-order valence-corrected chi connectivity index (χ3v) is 3.51. The molecule has 4 nitrogen and oxygen atoms in total. The molecular weight excluding hydrogens is 214 g/mol. The molecule has 0 rings (SSSR count). The second-order valence-electron chi connectivity index (χ2n) is 3.50. The maximum atomic E-state index is 11.1. The maximum absolute atomic E-state index is 11.1. The highest BCUT2D eigenvalue weighted by Crippen LogP contribution is 1.88. The zero-order valence-electron chi connectivity index (χ0n) is 9.58. The fourth-order valence-corrected chi connectivity index (χ4v) is 1.63. The van der Waals surface area contributed by atoms with E-state index in [2.05, 4.69) is 11.9 Å². The number of nitrogens with one attached hydrogen (secondary N) is 1. The summed E-state index contributed by atoms with van der Waals surface area (Å²) in [6.07, 6.45) is 0. The monoisotopic (exact) mass is 235 g/mol. The van der Waals surface area contributed by atoms with Crippen LogP contribution in [0.25, 0.3) is 0 Å². The number of rotatable bonds is 9. The fraction of sp³-hybridized carbons (Fsp3) is 0.800. The Hall–Kier alpha value is -0.390. The summed E-state index contributed by atoms with van der Waals surface area (Å²) in [5, 5.41) is 3.02. The lowest BCUT2D eigenvalue weighted by Gasteiger charge is -2.05. The van der Waals surface area contributed by atoms with E-state index in [1.54, 1.807) is 6.92 Å². The van der Waals surface area contributed by atoms with Crippen molar-refractivity contribution in [1.29, 1.82) is 0 Å². The molecule has 0 saturated carbocycles. The zero-order valence-corrected chi connectivity index (χ0v) is 10.4. The van der Waals surface area contributed by atoms with Crippen LogP contribution in [0.1, 0.15) is 13.8 Å². The van der Waals surface area contributed by atoms with Gasteiger partial charge in [-0.3, -0.25) is 0 Å². The van der Waals surface area contributed by atoms with Crippen LogP contribution >= 0.6 is 0 Å². The lowest BCUT2D eigenvalue weighted by molar-refractivity contribution is 0.158. The quantitative estimate of drug-likeness (QED) is 0.470. The molecule has 0 fully saturated rings. The Labute approximate surface area is 92.6 Å². The van der Waals surface area contributed by atoms with Crippen LogP contribution in [0.3, 0.4) is 0 Å². The lowest BCUT2D eigenvalue weighted by atomic mass is 10.4. The Balaban J connectivity index is 3.29. The van der Waals surface area contributed by atoms with Crippen molar-refractivity contribution in [2.45, 2.75) is 13.8 Å². The van der Waals surface area contributed by atoms with Gasteiger partial charge in [-0.25, -0.2) is 8.42 Å². The molecular formula is C10H21NO3S. The summed E-state index contributed by atoms with van der Waals surface area (Å²) in [6.45, 7) is 9.58. The van der Waals surface area contributed by atoms with E-state index < -0.39 is 9.84 Å². The summed E-state index contributed by atoms with van der Waals surface area (Å²) in [5.41, 5.74) is 0.989. The van der Waals surface area contributed by atoms with Crippen LogP contribution in [0.4, 0.5) is 0 Å². The molecule has 0 aliphatic rings. The summed E-state index contributed by atoms with van der Waals surface area (Å²) in [6, 6.07) is 0. The van der Waals surface area contributed by atoms with E-state index in [0.29, 0.717) is 26.3 Å². The molecule has 15 heavy (non-hydrogen) atoms. The van der Waals surface area contributed by atoms with E-state index in [9.17, 15) is 8.42 Å². The van der Waals surface area contributed by atoms with E-state index in [-0.39, 0.29) is 11.5 Å². The molecule has 0 aromatic carbocycles. The van der Waals surface area contributed by atoms with Gasteiger partial charge in [0.25, 0.3) is 0 Å². The predicted octanol–water partition coefficient (Wildman–Crippen LogP) is 0.603. The van der Waals surface area contributed by atoms with E-state index >= 15 is 0 Å². The molecule has 0 atom stereocenters. The standard InChI is InChI=1S/C10H21NO3S/c1-4-15(12,13)8-6-11-5-7-14-9-10(2)3/h11H,2,4-9H2,1,3H3. The Kier molecular flexibility index (Phi) is 7.64. The first-order chi connectivity index (χ1) is 6.98. The van der Waals surface area contributed by atoms with Gasteiger partial charge in [0.15, 0.2) is 9.84 Å². The number of sulfone groups is 1. The second-order valence-corrected chi connectivity index (χ2v) is 5.97. The third kappa shape index (κ3) is 9.90. The fourth-order valence-electron chi connectivity index (χ4n) is 0.888. The topological polar surface area (TPSA) is 55.4 Å². The average Bonchev–Trinajstić information content (AvgIpc) is 2.16. The number of ether oxygens (including phenoxy) is 1. The van der Waals surface area contributed by atoms with Gasteiger partial charge in [-0.2, -0.15) is 0 Å². The van der Waals surface area contributed by atoms with Crippen LogP contribution < -0.4 is 5.32 Å². The largest absolute Gasteiger partial charge is 0.376 e. The highest BCUT2D eigenvalue weighted by Gasteiger charge is 2.05. The van der Waals surface area contributed by atoms with Crippen molar-refractivity contribution >= 4 is 9.84 Å². The number of hydrogen-bond acceptors (Lipinski definition) is 4. The molecule has 0 radical (unpaired) electrons. The van der Waals surface area contributed by atoms with Gasteiger partial charge in [0.1, 0.15) is 0 Å². The van der Waals surface area contributed by atoms with Crippen LogP contribution in [0.2, 0.25) is 0 Å². The van der Waals surface area contributed by atoms with Crippen LogP contribution in [0.15, 0.2) is 12.2 Å². The van der Waals surface area contributed by atoms with E-state index in [0.717, 1.165) is 5.57 Å². The van der Waals surface area contributed by atoms with E-state index in [1.165, 1.54) is 0 Å². The first kappa shape index (κ1) is 14.6. The number of hydrogen-bond donors (Lipinski definition) is 1. The summed E-state index contributed by atoms with van der Waals surface area (Å²) in [4.78, 5) is 0. The van der Waals surface area contributed by atoms with Gasteiger partial charge in [-0.15, -0.1) is 0 Å². The van der Waals surface area contributed by atoms with Crippen molar-refractivity contribution in [2.24, 2.45) is 0 Å². The van der Waals surface area contributed by atoms with Crippen molar-refractivity contribution in [2.75, 3.05) is 37.8 Å². The van der Waals surface area contributed by atoms with Gasteiger partial charge in [-0.05, 0) is 6.92 Å². The van der Waals surface area contributed by atoms with Crippen molar-refractivity contribution < 1.29 is 13.2 Å². The van der Waals surface area contributed by atoms with Crippen molar-refractivity contribution in [3.05, 3.63) is 12.2 Å². The Morgan fingerprint density at radius 3 is 2.60 bits per heavy atom. The molecule has 0 aromatic heterocycles. The minimum absolute atomic E-state index is 0.198. The van der Waals surface area contributed by atoms with Gasteiger partial charge in [0.05, 0.1) is 19.0 Å². The van der Waals surface area contributed by atoms with E-state index in [4.69, 9.17) is 4.74 Å². The van der Waals surface area contributed by atoms with Gasteiger partial charge in [0.2, 0.25) is 0 Å². The minimum Gasteiger partial charge on any atom is -0.376 e. The first-order valence-electron chi connectivity index (χ1n) is 5.11. The molecule has 90 valence electrons. The summed E-state index contributed by atoms with van der Waals surface area (Å²) < 4.78 is 27.4. The smallest absolute Gasteiger partial charge is 0.151 e. The third-order valence-electron chi connectivity index (χ3n) is 1.80. The van der Waals surface area contributed by atoms with Crippen molar-refractivity contribution in [1.82, 2.24) is 5.32 Å². The average molecular weight is 235 g/mol. The molecule has 0 bridgehead atoms. The maximum Gasteiger partial charge on any atom is 0.151 e. The second kappa shape index (κ2) is 7.84. The lowest BCUT2D eigenvalue weighted by Crippen LogP contribution is -2.27. The van der Waals surface area contributed by atoms with Gasteiger partial charge in [-0.1, -0.05) is 19.1 Å². The normalized spacial score (nSPS) is 11.6. The molecule has 1 N–H and O–H groups in total. The van der Waals surface area contributed by atoms with Crippen LogP contribution in [0.5, 0.6) is 0 Å². The van der Waals surface area contributed by atoms with Crippen LogP contribution in [0, 0.1) is 0 Å². The molecule has 5 heteroatoms. The van der Waals surface area contributed by atoms with E-state index in [1.807, 2.05) is 6.92 Å². The van der Waals surface area contributed by atoms with Crippen LogP contribution in [-0.2, 0) is 14.6 Å². The first-order valence-corrected chi connectivity index (χ1v) is 6.93. The molecule has 0 aromatic rings. The van der Waals surface area contributed by atoms with Gasteiger partial charge < -0.3 is 10.1 Å². The molecule has 0 heterocycles. The highest BCUT2D eigenvalue weighted by molar-refractivity contribution is 7.91. The molecule has 0 saturated heterocycles. The highest BCUT2D eigenvalue weighted by atomic mass is 32.2. The van der Waals surface area contributed by atoms with Crippen LogP contribution in [-0.4, -0.2) is 46.2 Å². The van der Waals surface area contributed by atoms with Crippen molar-refractivity contribution in [3.63, 3.8) is 0 Å². The van der Waals surface area contributed by atoms with Gasteiger partial charge >= 0.3 is 0 Å². The molecule has 0 unspecified atom stereocenters. The Morgan fingerprint density at radius 2 is 2.07 bits per heavy atom. The molecule has 0 spiro atoms. The molecule has 0 aliphatic carbocycles. The molecule has 0 amide bonds. The summed E-state index contributed by atoms with van der Waals surface area (Å²) in [7, 11) is -2.84. The SMILES string of the molecule is C=C(C)COCCNCCS(=O)(=O)CC. The Bertz CT molecular complexity index is 272. The van der Waals surface area contributed by atoms with Crippen molar-refractivity contribution in [3.8, 4) is 0 Å². The molecule has 0 aliphatic heterocycles. The summed E-state index contributed by atoms with van der Waals surface area (Å²) >= 11 is 0. The minimum atomic E-state index is -2.84. The van der Waals surface area contributed by atoms with Gasteiger partial charge in [0, 0.05) is 18.8 Å².